The number of carbonyl (C=O) groups excluding carboxylic acids is 2. The quantitative estimate of drug-likeness (QED) is 0.498. The third kappa shape index (κ3) is 4.60. The summed E-state index contributed by atoms with van der Waals surface area (Å²) in [4.78, 5) is 30.6. The van der Waals surface area contributed by atoms with Gasteiger partial charge in [0.15, 0.2) is 0 Å². The van der Waals surface area contributed by atoms with Crippen molar-refractivity contribution in [2.45, 2.75) is 69.8 Å². The second kappa shape index (κ2) is 9.62. The molecule has 2 N–H and O–H groups in total. The summed E-state index contributed by atoms with van der Waals surface area (Å²) in [6.45, 7) is 3.89. The average molecular weight is 483 g/mol. The molecule has 1 aromatic heterocycles. The highest BCUT2D eigenvalue weighted by molar-refractivity contribution is 6.04. The maximum atomic E-state index is 13.2. The van der Waals surface area contributed by atoms with Gasteiger partial charge in [-0.1, -0.05) is 43.3 Å². The van der Waals surface area contributed by atoms with Crippen LogP contribution in [-0.4, -0.2) is 27.4 Å². The van der Waals surface area contributed by atoms with Crippen molar-refractivity contribution in [3.63, 3.8) is 0 Å². The highest BCUT2D eigenvalue weighted by Crippen LogP contribution is 2.53. The Hall–Kier alpha value is -3.31. The Morgan fingerprint density at radius 3 is 2.67 bits per heavy atom. The van der Waals surface area contributed by atoms with Crippen LogP contribution in [0.3, 0.4) is 0 Å². The number of Topliss-reactive ketones (excluding diaryl/α,β-unsaturated/α-hetero) is 1. The highest BCUT2D eigenvalue weighted by atomic mass is 16.3. The largest absolute Gasteiger partial charge is 0.390 e. The van der Waals surface area contributed by atoms with Gasteiger partial charge in [-0.2, -0.15) is 0 Å². The van der Waals surface area contributed by atoms with Crippen LogP contribution in [0.15, 0.2) is 66.9 Å². The van der Waals surface area contributed by atoms with E-state index in [1.165, 1.54) is 5.56 Å². The van der Waals surface area contributed by atoms with E-state index in [1.54, 1.807) is 12.3 Å². The average Bonchev–Trinajstić information content (AvgIpc) is 2.99. The van der Waals surface area contributed by atoms with Crippen molar-refractivity contribution in [3.8, 4) is 0 Å². The van der Waals surface area contributed by atoms with Gasteiger partial charge in [0.2, 0.25) is 0 Å². The third-order valence-corrected chi connectivity index (χ3v) is 8.49. The lowest BCUT2D eigenvalue weighted by atomic mass is 9.55. The second-order valence-corrected chi connectivity index (χ2v) is 10.7. The number of nitrogens with one attached hydrogen (secondary N) is 1. The van der Waals surface area contributed by atoms with Crippen molar-refractivity contribution in [1.82, 2.24) is 4.98 Å². The van der Waals surface area contributed by atoms with Crippen molar-refractivity contribution in [2.75, 3.05) is 5.32 Å². The molecule has 5 heteroatoms. The molecule has 3 atom stereocenters. The van der Waals surface area contributed by atoms with Crippen molar-refractivity contribution in [2.24, 2.45) is 5.92 Å². The number of benzene rings is 2. The first-order valence-corrected chi connectivity index (χ1v) is 13.0. The van der Waals surface area contributed by atoms with Gasteiger partial charge in [-0.15, -0.1) is 0 Å². The Bertz CT molecular complexity index is 1290. The van der Waals surface area contributed by atoms with Gasteiger partial charge in [0.1, 0.15) is 5.78 Å². The van der Waals surface area contributed by atoms with E-state index in [9.17, 15) is 14.7 Å². The van der Waals surface area contributed by atoms with Crippen LogP contribution in [0.5, 0.6) is 0 Å². The molecule has 0 spiro atoms. The Kier molecular flexibility index (Phi) is 6.52. The van der Waals surface area contributed by atoms with Gasteiger partial charge < -0.3 is 10.4 Å². The summed E-state index contributed by atoms with van der Waals surface area (Å²) in [5, 5.41) is 14.2. The lowest BCUT2D eigenvalue weighted by Gasteiger charge is -2.50. The number of hydrogen-bond acceptors (Lipinski definition) is 4. The number of aromatic nitrogens is 1. The summed E-state index contributed by atoms with van der Waals surface area (Å²) in [7, 11) is 0. The number of amides is 1. The van der Waals surface area contributed by atoms with Crippen LogP contribution >= 0.6 is 0 Å². The molecule has 0 saturated heterocycles. The molecule has 0 aliphatic heterocycles. The molecule has 1 saturated carbocycles. The molecule has 1 fully saturated rings. The summed E-state index contributed by atoms with van der Waals surface area (Å²) in [5.41, 5.74) is 4.34. The number of pyridine rings is 1. The summed E-state index contributed by atoms with van der Waals surface area (Å²) in [6, 6.07) is 19.9. The molecule has 1 unspecified atom stereocenters. The maximum Gasteiger partial charge on any atom is 0.255 e. The van der Waals surface area contributed by atoms with E-state index in [0.29, 0.717) is 43.4 Å². The second-order valence-electron chi connectivity index (χ2n) is 10.7. The van der Waals surface area contributed by atoms with Crippen LogP contribution in [0.2, 0.25) is 0 Å². The zero-order chi connectivity index (χ0) is 25.3. The van der Waals surface area contributed by atoms with E-state index < -0.39 is 5.60 Å². The molecule has 2 aliphatic rings. The minimum Gasteiger partial charge on any atom is -0.390 e. The Morgan fingerprint density at radius 1 is 1.11 bits per heavy atom. The van der Waals surface area contributed by atoms with Gasteiger partial charge >= 0.3 is 0 Å². The van der Waals surface area contributed by atoms with E-state index in [-0.39, 0.29) is 23.0 Å². The van der Waals surface area contributed by atoms with E-state index in [1.807, 2.05) is 38.1 Å². The zero-order valence-corrected chi connectivity index (χ0v) is 21.1. The molecule has 0 bridgehead atoms. The molecule has 0 radical (unpaired) electrons. The predicted octanol–water partition coefficient (Wildman–Crippen LogP) is 5.58. The topological polar surface area (TPSA) is 79.3 Å². The number of carbonyl (C=O) groups is 2. The first-order chi connectivity index (χ1) is 17.3. The van der Waals surface area contributed by atoms with Crippen LogP contribution < -0.4 is 5.32 Å². The van der Waals surface area contributed by atoms with E-state index >= 15 is 0 Å². The molecular weight excluding hydrogens is 448 g/mol. The van der Waals surface area contributed by atoms with Crippen molar-refractivity contribution in [3.05, 3.63) is 94.8 Å². The summed E-state index contributed by atoms with van der Waals surface area (Å²) in [6.07, 6.45) is 6.15. The SMILES string of the molecule is CC[C@@]1(O)CC[C@@]2(Cc3ccccc3)c3ccc(C(=O)Nc4cccnc4C)cc3CC(=O)CC2C1. The van der Waals surface area contributed by atoms with Crippen molar-refractivity contribution in [1.29, 1.82) is 0 Å². The monoisotopic (exact) mass is 482 g/mol. The molecule has 3 aromatic rings. The van der Waals surface area contributed by atoms with Crippen LogP contribution in [0.1, 0.15) is 71.8 Å². The van der Waals surface area contributed by atoms with Gasteiger partial charge in [0, 0.05) is 30.0 Å². The van der Waals surface area contributed by atoms with E-state index in [4.69, 9.17) is 0 Å². The molecule has 1 heterocycles. The highest BCUT2D eigenvalue weighted by Gasteiger charge is 2.51. The molecule has 2 aliphatic carbocycles. The van der Waals surface area contributed by atoms with Crippen LogP contribution in [0.25, 0.3) is 0 Å². The van der Waals surface area contributed by atoms with E-state index in [0.717, 1.165) is 29.7 Å². The fourth-order valence-electron chi connectivity index (χ4n) is 6.38. The molecule has 186 valence electrons. The number of hydrogen-bond donors (Lipinski definition) is 2. The number of anilines is 1. The number of ketones is 1. The minimum atomic E-state index is -0.725. The summed E-state index contributed by atoms with van der Waals surface area (Å²) >= 11 is 0. The van der Waals surface area contributed by atoms with Crippen molar-refractivity contribution < 1.29 is 14.7 Å². The number of aryl methyl sites for hydroxylation is 1. The van der Waals surface area contributed by atoms with Gasteiger partial charge in [-0.25, -0.2) is 0 Å². The van der Waals surface area contributed by atoms with Crippen LogP contribution in [0.4, 0.5) is 5.69 Å². The molecule has 1 amide bonds. The Morgan fingerprint density at radius 2 is 1.92 bits per heavy atom. The number of nitrogens with zero attached hydrogens (tertiary/aromatic N) is 1. The minimum absolute atomic E-state index is 0.0582. The fraction of sp³-hybridized carbons (Fsp3) is 0.387. The van der Waals surface area contributed by atoms with Crippen molar-refractivity contribution >= 4 is 17.4 Å². The van der Waals surface area contributed by atoms with Crippen LogP contribution in [-0.2, 0) is 23.1 Å². The number of fused-ring (bicyclic) bond motifs is 3. The lowest BCUT2D eigenvalue weighted by Crippen LogP contribution is -2.49. The first-order valence-electron chi connectivity index (χ1n) is 13.0. The van der Waals surface area contributed by atoms with E-state index in [2.05, 4.69) is 40.6 Å². The molecule has 5 rings (SSSR count). The predicted molar refractivity (Wildman–Crippen MR) is 141 cm³/mol. The number of rotatable bonds is 5. The summed E-state index contributed by atoms with van der Waals surface area (Å²) in [5.74, 6) is 0.0309. The van der Waals surface area contributed by atoms with Crippen LogP contribution in [0, 0.1) is 12.8 Å². The lowest BCUT2D eigenvalue weighted by molar-refractivity contribution is -0.121. The smallest absolute Gasteiger partial charge is 0.255 e. The zero-order valence-electron chi connectivity index (χ0n) is 21.1. The normalized spacial score (nSPS) is 25.4. The van der Waals surface area contributed by atoms with Gasteiger partial charge in [0.25, 0.3) is 5.91 Å². The molecule has 36 heavy (non-hydrogen) atoms. The fourth-order valence-corrected chi connectivity index (χ4v) is 6.38. The molecule has 2 aromatic carbocycles. The maximum absolute atomic E-state index is 13.2. The summed E-state index contributed by atoms with van der Waals surface area (Å²) < 4.78 is 0. The number of aliphatic hydroxyl groups is 1. The third-order valence-electron chi connectivity index (χ3n) is 8.49. The Labute approximate surface area is 213 Å². The standard InChI is InChI=1S/C31H34N2O3/c1-3-30(36)13-14-31(19-22-8-5-4-6-9-22)25(20-30)18-26(34)17-24-16-23(11-12-27(24)31)29(35)33-28-10-7-15-32-21(28)2/h4-12,15-16,25,36H,3,13-14,17-20H2,1-2H3,(H,33,35)/t25?,30-,31+/m1/s1. The first kappa shape index (κ1) is 24.4. The van der Waals surface area contributed by atoms with Gasteiger partial charge in [0.05, 0.1) is 17.0 Å². The molecule has 5 nitrogen and oxygen atoms in total. The van der Waals surface area contributed by atoms with Gasteiger partial charge in [-0.05, 0) is 85.9 Å². The van der Waals surface area contributed by atoms with Gasteiger partial charge in [-0.3, -0.25) is 14.6 Å². The molecular formula is C31H34N2O3. The Balaban J connectivity index is 1.56.